The summed E-state index contributed by atoms with van der Waals surface area (Å²) >= 11 is 0. The van der Waals surface area contributed by atoms with E-state index in [9.17, 15) is 33.6 Å². The Hall–Kier alpha value is -7.58. The lowest BCUT2D eigenvalue weighted by molar-refractivity contribution is -0.169. The van der Waals surface area contributed by atoms with Gasteiger partial charge in [-0.3, -0.25) is 58.3 Å². The maximum absolute atomic E-state index is 15.2. The van der Waals surface area contributed by atoms with Gasteiger partial charge in [0, 0.05) is 30.1 Å². The fourth-order valence-electron chi connectivity index (χ4n) is 10.6. The van der Waals surface area contributed by atoms with Gasteiger partial charge < -0.3 is 30.2 Å². The summed E-state index contributed by atoms with van der Waals surface area (Å²) in [6, 6.07) is 12.2. The number of benzene rings is 2. The highest BCUT2D eigenvalue weighted by atomic mass is 16.6. The molecule has 432 valence electrons. The van der Waals surface area contributed by atoms with Crippen LogP contribution in [-0.2, 0) is 52.6 Å². The number of hydrogen-bond donors (Lipinski definition) is 5. The third-order valence-electron chi connectivity index (χ3n) is 15.8. The largest absolute Gasteiger partial charge is 0.457 e. The number of ether oxygens (including phenoxy) is 3. The number of carbonyl (C=O) groups is 8. The van der Waals surface area contributed by atoms with E-state index in [1.807, 2.05) is 67.6 Å². The van der Waals surface area contributed by atoms with E-state index < -0.39 is 119 Å². The van der Waals surface area contributed by atoms with Crippen LogP contribution in [0.3, 0.4) is 0 Å². The van der Waals surface area contributed by atoms with Gasteiger partial charge in [0.25, 0.3) is 23.6 Å². The Morgan fingerprint density at radius 1 is 0.654 bits per heavy atom. The van der Waals surface area contributed by atoms with Crippen molar-refractivity contribution < 1.29 is 52.6 Å². The van der Waals surface area contributed by atoms with Gasteiger partial charge in [-0.2, -0.15) is 0 Å². The standard InChI is InChI=1S/C61H77N9O11/c1-33(2)50-53(72)65-37(7)56(75)70-27-23-42(49(68-70)57(76)79-38(8)41-18-19-43-32-62-45(30-44(43)29-41)14-12-24-60(9,10)58(77)80-50)31-61(11)25-22-39-16-17-40-20-21-46(66-48(40)28-39)35(5)63-52(71)47-15-13-26-69(67-47)55(74)36(6)64-54(73)51(34(3)4)81-59(61)78/h12,14,16-22,25,28-30,32-38,42,47,49-51,67-68H,13,15,23-24,26-27,31H2,1-11H3,(H,63,71)(H,64,73)(H,65,72)/b14-12+,25-22+/t35-,36+,37+,38-,42?,47+,49+,50+,51+,61?/m1/s1. The van der Waals surface area contributed by atoms with Crippen molar-refractivity contribution in [3.63, 3.8) is 0 Å². The molecule has 2 aromatic heterocycles. The molecule has 10 atom stereocenters. The zero-order valence-electron chi connectivity index (χ0n) is 48.2. The molecule has 5 amide bonds. The van der Waals surface area contributed by atoms with E-state index >= 15 is 4.79 Å². The van der Waals surface area contributed by atoms with Crippen LogP contribution in [0.15, 0.2) is 72.9 Å². The molecule has 0 aliphatic carbocycles. The number of carbonyl (C=O) groups excluding carboxylic acids is 8. The summed E-state index contributed by atoms with van der Waals surface area (Å²) in [6.07, 6.45) is 6.75. The number of nitrogens with one attached hydrogen (secondary N) is 5. The molecule has 81 heavy (non-hydrogen) atoms. The number of amides is 5. The Labute approximate surface area is 472 Å². The van der Waals surface area contributed by atoms with E-state index in [4.69, 9.17) is 19.2 Å². The molecule has 0 spiro atoms. The molecule has 2 saturated heterocycles. The van der Waals surface area contributed by atoms with Gasteiger partial charge in [0.2, 0.25) is 5.91 Å². The topological polar surface area (TPSA) is 257 Å². The number of fused-ring (bicyclic) bond motifs is 8. The molecule has 4 aliphatic heterocycles. The summed E-state index contributed by atoms with van der Waals surface area (Å²) in [4.78, 5) is 123. The highest BCUT2D eigenvalue weighted by Gasteiger charge is 2.46. The van der Waals surface area contributed by atoms with E-state index in [0.717, 1.165) is 16.2 Å². The summed E-state index contributed by atoms with van der Waals surface area (Å²) < 4.78 is 18.4. The molecule has 10 bridgehead atoms. The van der Waals surface area contributed by atoms with Gasteiger partial charge in [0.1, 0.15) is 30.3 Å². The minimum Gasteiger partial charge on any atom is -0.457 e. The molecule has 6 heterocycles. The lowest BCUT2D eigenvalue weighted by atomic mass is 9.75. The average molecular weight is 1110 g/mol. The second-order valence-corrected chi connectivity index (χ2v) is 23.7. The van der Waals surface area contributed by atoms with Gasteiger partial charge in [-0.15, -0.1) is 0 Å². The normalized spacial score (nSPS) is 29.5. The lowest BCUT2D eigenvalue weighted by Crippen LogP contribution is -2.63. The molecule has 20 heteroatoms. The first-order chi connectivity index (χ1) is 38.3. The maximum Gasteiger partial charge on any atom is 0.325 e. The van der Waals surface area contributed by atoms with Crippen molar-refractivity contribution in [1.29, 1.82) is 0 Å². The number of nitrogens with zero attached hydrogens (tertiary/aromatic N) is 4. The van der Waals surface area contributed by atoms with Crippen molar-refractivity contribution in [1.82, 2.24) is 46.8 Å². The third-order valence-corrected chi connectivity index (χ3v) is 15.8. The van der Waals surface area contributed by atoms with Crippen molar-refractivity contribution in [2.75, 3.05) is 13.1 Å². The molecule has 2 unspecified atom stereocenters. The Bertz CT molecular complexity index is 3160. The number of hydrazine groups is 2. The molecule has 4 aliphatic rings. The van der Waals surface area contributed by atoms with Gasteiger partial charge in [0.15, 0.2) is 12.2 Å². The van der Waals surface area contributed by atoms with E-state index in [1.54, 1.807) is 79.8 Å². The first kappa shape index (κ1) is 59.5. The van der Waals surface area contributed by atoms with Crippen molar-refractivity contribution in [3.8, 4) is 0 Å². The Morgan fingerprint density at radius 3 is 1.96 bits per heavy atom. The summed E-state index contributed by atoms with van der Waals surface area (Å²) in [5.74, 6) is -6.64. The van der Waals surface area contributed by atoms with Crippen molar-refractivity contribution in [2.24, 2.45) is 28.6 Å². The number of aromatic nitrogens is 2. The molecule has 5 N–H and O–H groups in total. The monoisotopic (exact) mass is 1110 g/mol. The predicted molar refractivity (Wildman–Crippen MR) is 303 cm³/mol. The van der Waals surface area contributed by atoms with Crippen LogP contribution in [0.25, 0.3) is 33.8 Å². The van der Waals surface area contributed by atoms with Crippen LogP contribution in [0.5, 0.6) is 0 Å². The number of cyclic esters (lactones) is 3. The van der Waals surface area contributed by atoms with Crippen LogP contribution in [0.4, 0.5) is 0 Å². The molecular formula is C61H77N9O11. The number of esters is 3. The van der Waals surface area contributed by atoms with Gasteiger partial charge in [0.05, 0.1) is 33.8 Å². The van der Waals surface area contributed by atoms with Gasteiger partial charge in [-0.1, -0.05) is 76.3 Å². The Balaban J connectivity index is 1.16. The summed E-state index contributed by atoms with van der Waals surface area (Å²) in [6.45, 7) is 18.9. The highest BCUT2D eigenvalue weighted by molar-refractivity contribution is 5.93. The molecule has 4 aromatic rings. The van der Waals surface area contributed by atoms with E-state index in [0.29, 0.717) is 47.4 Å². The fraction of sp³-hybridized carbons (Fsp3) is 0.508. The maximum atomic E-state index is 15.2. The highest BCUT2D eigenvalue weighted by Crippen LogP contribution is 2.38. The van der Waals surface area contributed by atoms with Crippen LogP contribution >= 0.6 is 0 Å². The van der Waals surface area contributed by atoms with E-state index in [1.165, 1.54) is 23.9 Å². The smallest absolute Gasteiger partial charge is 0.325 e. The van der Waals surface area contributed by atoms with Gasteiger partial charge in [-0.25, -0.2) is 10.9 Å². The first-order valence-electron chi connectivity index (χ1n) is 28.2. The summed E-state index contributed by atoms with van der Waals surface area (Å²) in [5.41, 5.74) is 6.74. The second kappa shape index (κ2) is 24.6. The van der Waals surface area contributed by atoms with Gasteiger partial charge in [-0.05, 0) is 145 Å². The molecular weight excluding hydrogens is 1030 g/mol. The fourth-order valence-corrected chi connectivity index (χ4v) is 10.6. The van der Waals surface area contributed by atoms with E-state index in [2.05, 4.69) is 31.8 Å². The average Bonchev–Trinajstić information content (AvgIpc) is 3.44. The molecule has 2 aromatic carbocycles. The lowest BCUT2D eigenvalue weighted by Gasteiger charge is -2.42. The summed E-state index contributed by atoms with van der Waals surface area (Å²) in [7, 11) is 0. The van der Waals surface area contributed by atoms with Crippen LogP contribution in [0.2, 0.25) is 0 Å². The SMILES string of the molecule is CC(C)[C@@H]1OC(=O)C(C)(C)C/C=C/c2cc3cc(ccc3cn2)[C@@H](C)OC(=O)[C@H]2NN(CCC2CC2(C)/C=C/c3ccc4ccc(nc4c3)[C@@H](C)NC(=O)[C@@H]3CCCN(N3)C(=O)[C@H](C)NC(=O)[C@H](C(C)C)OC2=O)C(=O)[C@H](C)NC1=O. The van der Waals surface area contributed by atoms with Crippen molar-refractivity contribution in [3.05, 3.63) is 95.5 Å². The predicted octanol–water partition coefficient (Wildman–Crippen LogP) is 6.49. The molecule has 20 nitrogen and oxygen atoms in total. The number of rotatable bonds is 4. The zero-order chi connectivity index (χ0) is 58.7. The zero-order valence-corrected chi connectivity index (χ0v) is 48.2. The van der Waals surface area contributed by atoms with Crippen LogP contribution in [-0.4, -0.2) is 117 Å². The molecule has 8 rings (SSSR count). The molecule has 0 radical (unpaired) electrons. The van der Waals surface area contributed by atoms with Crippen LogP contribution < -0.4 is 26.8 Å². The first-order valence-corrected chi connectivity index (χ1v) is 28.2. The number of pyridine rings is 2. The molecule has 2 fully saturated rings. The molecule has 0 saturated carbocycles. The summed E-state index contributed by atoms with van der Waals surface area (Å²) in [5, 5.41) is 13.6. The van der Waals surface area contributed by atoms with Gasteiger partial charge >= 0.3 is 17.9 Å². The van der Waals surface area contributed by atoms with Crippen molar-refractivity contribution >= 4 is 81.3 Å². The number of hydrogen-bond acceptors (Lipinski definition) is 15. The number of allylic oxidation sites excluding steroid dienone is 1. The van der Waals surface area contributed by atoms with Crippen LogP contribution in [0, 0.1) is 28.6 Å². The third kappa shape index (κ3) is 13.8. The Kier molecular flexibility index (Phi) is 18.1. The van der Waals surface area contributed by atoms with Crippen molar-refractivity contribution in [2.45, 2.75) is 157 Å². The Morgan fingerprint density at radius 2 is 1.28 bits per heavy atom. The quantitative estimate of drug-likeness (QED) is 0.108. The minimum absolute atomic E-state index is 0.0242. The second-order valence-electron chi connectivity index (χ2n) is 23.7. The minimum atomic E-state index is -1.58. The van der Waals surface area contributed by atoms with Crippen LogP contribution in [0.1, 0.15) is 143 Å². The van der Waals surface area contributed by atoms with E-state index in [-0.39, 0.29) is 31.7 Å².